The first-order chi connectivity index (χ1) is 10.2. The first-order valence-electron chi connectivity index (χ1n) is 8.66. The lowest BCUT2D eigenvalue weighted by Crippen LogP contribution is -2.50. The fourth-order valence-electron chi connectivity index (χ4n) is 4.54. The third-order valence-electron chi connectivity index (χ3n) is 5.99. The Kier molecular flexibility index (Phi) is 4.67. The lowest BCUT2D eigenvalue weighted by Gasteiger charge is -2.45. The van der Waals surface area contributed by atoms with E-state index >= 15 is 0 Å². The van der Waals surface area contributed by atoms with Crippen LogP contribution in [-0.4, -0.2) is 37.7 Å². The molecule has 120 valence electrons. The Labute approximate surface area is 127 Å². The Morgan fingerprint density at radius 2 is 1.76 bits per heavy atom. The first-order valence-corrected chi connectivity index (χ1v) is 8.66. The fourth-order valence-corrected chi connectivity index (χ4v) is 4.54. The van der Waals surface area contributed by atoms with E-state index in [0.29, 0.717) is 25.5 Å². The molecule has 1 spiro atoms. The summed E-state index contributed by atoms with van der Waals surface area (Å²) >= 11 is 0. The molecule has 4 heteroatoms. The largest absolute Gasteiger partial charge is 0.381 e. The number of carbonyl (C=O) groups excluding carboxylic acids is 1. The zero-order chi connectivity index (χ0) is 14.8. The Bertz CT molecular complexity index is 365. The maximum Gasteiger partial charge on any atom is 0.143 e. The highest BCUT2D eigenvalue weighted by Gasteiger charge is 2.47. The Morgan fingerprint density at radius 3 is 2.43 bits per heavy atom. The van der Waals surface area contributed by atoms with Gasteiger partial charge in [-0.05, 0) is 38.5 Å². The molecule has 3 aliphatic rings. The van der Waals surface area contributed by atoms with Crippen molar-refractivity contribution in [2.24, 2.45) is 17.1 Å². The van der Waals surface area contributed by atoms with Crippen LogP contribution in [0.4, 0.5) is 0 Å². The minimum Gasteiger partial charge on any atom is -0.381 e. The van der Waals surface area contributed by atoms with Crippen molar-refractivity contribution in [1.82, 2.24) is 0 Å². The highest BCUT2D eigenvalue weighted by Crippen LogP contribution is 2.44. The van der Waals surface area contributed by atoms with E-state index in [2.05, 4.69) is 0 Å². The van der Waals surface area contributed by atoms with Crippen molar-refractivity contribution in [3.8, 4) is 0 Å². The fraction of sp³-hybridized carbons (Fsp3) is 0.941. The van der Waals surface area contributed by atoms with Crippen LogP contribution < -0.4 is 5.73 Å². The van der Waals surface area contributed by atoms with Gasteiger partial charge in [0.2, 0.25) is 0 Å². The molecule has 1 atom stereocenters. The van der Waals surface area contributed by atoms with Crippen LogP contribution >= 0.6 is 0 Å². The lowest BCUT2D eigenvalue weighted by molar-refractivity contribution is -0.154. The summed E-state index contributed by atoms with van der Waals surface area (Å²) in [6.45, 7) is 2.57. The minimum absolute atomic E-state index is 0.00220. The molecule has 3 fully saturated rings. The van der Waals surface area contributed by atoms with Crippen molar-refractivity contribution in [3.05, 3.63) is 0 Å². The molecule has 3 rings (SSSR count). The normalized spacial score (nSPS) is 32.0. The SMILES string of the molecule is NCC1(C(=O)C2CCOC3(CCCCC3)C2)CCOCC1. The summed E-state index contributed by atoms with van der Waals surface area (Å²) in [5.41, 5.74) is 5.68. The second-order valence-electron chi connectivity index (χ2n) is 7.24. The van der Waals surface area contributed by atoms with Crippen LogP contribution in [0.1, 0.15) is 57.8 Å². The van der Waals surface area contributed by atoms with E-state index in [1.807, 2.05) is 0 Å². The molecular formula is C17H29NO3. The molecule has 0 bridgehead atoms. The monoisotopic (exact) mass is 295 g/mol. The molecule has 0 aromatic carbocycles. The molecule has 0 radical (unpaired) electrons. The number of rotatable bonds is 3. The van der Waals surface area contributed by atoms with Crippen LogP contribution in [0.3, 0.4) is 0 Å². The lowest BCUT2D eigenvalue weighted by atomic mass is 9.67. The average Bonchev–Trinajstić information content (AvgIpc) is 2.55. The van der Waals surface area contributed by atoms with Gasteiger partial charge in [-0.3, -0.25) is 4.79 Å². The molecule has 1 unspecified atom stereocenters. The molecular weight excluding hydrogens is 266 g/mol. The van der Waals surface area contributed by atoms with Gasteiger partial charge in [-0.2, -0.15) is 0 Å². The van der Waals surface area contributed by atoms with E-state index in [-0.39, 0.29) is 16.9 Å². The Hall–Kier alpha value is -0.450. The second-order valence-corrected chi connectivity index (χ2v) is 7.24. The Balaban J connectivity index is 1.71. The average molecular weight is 295 g/mol. The van der Waals surface area contributed by atoms with Crippen molar-refractivity contribution < 1.29 is 14.3 Å². The van der Waals surface area contributed by atoms with E-state index < -0.39 is 0 Å². The molecule has 1 aliphatic carbocycles. The van der Waals surface area contributed by atoms with Crippen LogP contribution in [0, 0.1) is 11.3 Å². The van der Waals surface area contributed by atoms with Gasteiger partial charge in [0.05, 0.1) is 5.60 Å². The molecule has 4 nitrogen and oxygen atoms in total. The van der Waals surface area contributed by atoms with Crippen molar-refractivity contribution in [2.45, 2.75) is 63.4 Å². The third-order valence-corrected chi connectivity index (χ3v) is 5.99. The van der Waals surface area contributed by atoms with Gasteiger partial charge in [-0.15, -0.1) is 0 Å². The number of nitrogens with two attached hydrogens (primary N) is 1. The van der Waals surface area contributed by atoms with Crippen molar-refractivity contribution in [1.29, 1.82) is 0 Å². The summed E-state index contributed by atoms with van der Waals surface area (Å²) < 4.78 is 11.6. The van der Waals surface area contributed by atoms with E-state index in [1.165, 1.54) is 19.3 Å². The maximum atomic E-state index is 13.1. The number of carbonyl (C=O) groups is 1. The Morgan fingerprint density at radius 1 is 1.05 bits per heavy atom. The van der Waals surface area contributed by atoms with Crippen molar-refractivity contribution >= 4 is 5.78 Å². The predicted octanol–water partition coefficient (Wildman–Crippen LogP) is 2.44. The molecule has 21 heavy (non-hydrogen) atoms. The van der Waals surface area contributed by atoms with Gasteiger partial charge in [0.15, 0.2) is 0 Å². The summed E-state index contributed by atoms with van der Waals surface area (Å²) in [6.07, 6.45) is 9.48. The molecule has 1 saturated carbocycles. The number of hydrogen-bond acceptors (Lipinski definition) is 4. The maximum absolute atomic E-state index is 13.1. The number of hydrogen-bond donors (Lipinski definition) is 1. The smallest absolute Gasteiger partial charge is 0.143 e. The van der Waals surface area contributed by atoms with Gasteiger partial charge in [0.25, 0.3) is 0 Å². The van der Waals surface area contributed by atoms with Crippen LogP contribution in [0.15, 0.2) is 0 Å². The van der Waals surface area contributed by atoms with Crippen LogP contribution in [0.5, 0.6) is 0 Å². The highest BCUT2D eigenvalue weighted by atomic mass is 16.5. The van der Waals surface area contributed by atoms with Gasteiger partial charge >= 0.3 is 0 Å². The second kappa shape index (κ2) is 6.35. The van der Waals surface area contributed by atoms with E-state index in [0.717, 1.165) is 45.1 Å². The minimum atomic E-state index is -0.323. The van der Waals surface area contributed by atoms with Gasteiger partial charge in [-0.1, -0.05) is 19.3 Å². The predicted molar refractivity (Wildman–Crippen MR) is 81.0 cm³/mol. The van der Waals surface area contributed by atoms with Gasteiger partial charge in [0.1, 0.15) is 5.78 Å². The molecule has 2 saturated heterocycles. The zero-order valence-corrected chi connectivity index (χ0v) is 13.1. The standard InChI is InChI=1S/C17H29NO3/c18-13-16(7-10-20-11-8-16)15(19)14-4-9-21-17(12-14)5-2-1-3-6-17/h14H,1-13,18H2. The molecule has 2 N–H and O–H groups in total. The van der Waals surface area contributed by atoms with Crippen LogP contribution in [-0.2, 0) is 14.3 Å². The molecule has 0 aromatic heterocycles. The number of ether oxygens (including phenoxy) is 2. The summed E-state index contributed by atoms with van der Waals surface area (Å²) in [4.78, 5) is 13.1. The quantitative estimate of drug-likeness (QED) is 0.868. The van der Waals surface area contributed by atoms with E-state index in [1.54, 1.807) is 0 Å². The topological polar surface area (TPSA) is 61.6 Å². The zero-order valence-electron chi connectivity index (χ0n) is 13.1. The van der Waals surface area contributed by atoms with Crippen molar-refractivity contribution in [2.75, 3.05) is 26.4 Å². The summed E-state index contributed by atoms with van der Waals surface area (Å²) in [5.74, 6) is 0.556. The summed E-state index contributed by atoms with van der Waals surface area (Å²) in [6, 6.07) is 0. The molecule has 0 amide bonds. The number of Topliss-reactive ketones (excluding diaryl/α,β-unsaturated/α-hetero) is 1. The molecule has 0 aromatic rings. The van der Waals surface area contributed by atoms with Crippen LogP contribution in [0.25, 0.3) is 0 Å². The van der Waals surface area contributed by atoms with Crippen LogP contribution in [0.2, 0.25) is 0 Å². The van der Waals surface area contributed by atoms with Gasteiger partial charge in [0, 0.05) is 37.7 Å². The highest BCUT2D eigenvalue weighted by molar-refractivity contribution is 5.87. The molecule has 2 aliphatic heterocycles. The third kappa shape index (κ3) is 3.03. The first kappa shape index (κ1) is 15.4. The summed E-state index contributed by atoms with van der Waals surface area (Å²) in [5, 5.41) is 0. The van der Waals surface area contributed by atoms with E-state index in [9.17, 15) is 4.79 Å². The summed E-state index contributed by atoms with van der Waals surface area (Å²) in [7, 11) is 0. The van der Waals surface area contributed by atoms with Crippen molar-refractivity contribution in [3.63, 3.8) is 0 Å². The van der Waals surface area contributed by atoms with Gasteiger partial charge < -0.3 is 15.2 Å². The van der Waals surface area contributed by atoms with Gasteiger partial charge in [-0.25, -0.2) is 0 Å². The molecule has 2 heterocycles. The van der Waals surface area contributed by atoms with E-state index in [4.69, 9.17) is 15.2 Å². The number of ketones is 1.